The lowest BCUT2D eigenvalue weighted by molar-refractivity contribution is -0.00427. The van der Waals surface area contributed by atoms with E-state index in [-0.39, 0.29) is 0 Å². The summed E-state index contributed by atoms with van der Waals surface area (Å²) in [6.45, 7) is 5.60. The fraction of sp³-hybridized carbons (Fsp3) is 0.500. The topological polar surface area (TPSA) is 38.5 Å². The fourth-order valence-corrected chi connectivity index (χ4v) is 2.11. The van der Waals surface area contributed by atoms with E-state index in [9.17, 15) is 0 Å². The van der Waals surface area contributed by atoms with Crippen molar-refractivity contribution in [2.75, 3.05) is 25.5 Å². The molecule has 1 unspecified atom stereocenters. The maximum atomic E-state index is 5.94. The van der Waals surface area contributed by atoms with Crippen LogP contribution in [0.25, 0.3) is 0 Å². The Morgan fingerprint density at radius 3 is 3.06 bits per heavy atom. The van der Waals surface area contributed by atoms with E-state index < -0.39 is 0 Å². The number of nitrogen functional groups attached to an aromatic ring is 1. The van der Waals surface area contributed by atoms with Crippen LogP contribution in [0.1, 0.15) is 12.5 Å². The number of nitrogens with zero attached hydrogens (tertiary/aromatic N) is 1. The van der Waals surface area contributed by atoms with Crippen LogP contribution in [0.5, 0.6) is 0 Å². The zero-order valence-electron chi connectivity index (χ0n) is 9.45. The minimum absolute atomic E-state index is 0.448. The third kappa shape index (κ3) is 2.67. The van der Waals surface area contributed by atoms with Crippen molar-refractivity contribution in [3.8, 4) is 0 Å². The Balaban J connectivity index is 2.07. The molecule has 0 radical (unpaired) electrons. The molecular formula is C12H17ClN2O. The Kier molecular flexibility index (Phi) is 3.69. The molecule has 2 rings (SSSR count). The Labute approximate surface area is 101 Å². The van der Waals surface area contributed by atoms with Gasteiger partial charge in [-0.3, -0.25) is 4.90 Å². The maximum absolute atomic E-state index is 5.94. The van der Waals surface area contributed by atoms with E-state index in [0.29, 0.717) is 11.1 Å². The molecule has 3 nitrogen and oxygen atoms in total. The van der Waals surface area contributed by atoms with Gasteiger partial charge >= 0.3 is 0 Å². The molecule has 0 bridgehead atoms. The van der Waals surface area contributed by atoms with E-state index in [1.54, 1.807) is 0 Å². The van der Waals surface area contributed by atoms with E-state index in [1.165, 1.54) is 0 Å². The number of nitrogens with two attached hydrogens (primary N) is 1. The average molecular weight is 241 g/mol. The van der Waals surface area contributed by atoms with Gasteiger partial charge in [0.1, 0.15) is 0 Å². The molecule has 2 N–H and O–H groups in total. The second kappa shape index (κ2) is 5.04. The third-order valence-electron chi connectivity index (χ3n) is 2.99. The molecule has 0 amide bonds. The van der Waals surface area contributed by atoms with Crippen LogP contribution in [0, 0.1) is 0 Å². The number of ether oxygens (including phenoxy) is 1. The van der Waals surface area contributed by atoms with Crippen molar-refractivity contribution < 1.29 is 4.74 Å². The molecule has 0 saturated carbocycles. The average Bonchev–Trinajstić information content (AvgIpc) is 2.25. The highest BCUT2D eigenvalue weighted by Gasteiger charge is 2.19. The molecule has 0 aromatic heterocycles. The Morgan fingerprint density at radius 1 is 1.56 bits per heavy atom. The number of benzene rings is 1. The molecule has 0 spiro atoms. The first-order chi connectivity index (χ1) is 7.66. The molecule has 88 valence electrons. The highest BCUT2D eigenvalue weighted by molar-refractivity contribution is 6.30. The number of halogens is 1. The summed E-state index contributed by atoms with van der Waals surface area (Å²) in [5.41, 5.74) is 7.85. The zero-order chi connectivity index (χ0) is 11.5. The van der Waals surface area contributed by atoms with E-state index in [4.69, 9.17) is 22.1 Å². The van der Waals surface area contributed by atoms with Gasteiger partial charge in [0.05, 0.1) is 13.2 Å². The number of anilines is 1. The standard InChI is InChI=1S/C12H17ClN2O/c1-9-8-16-5-4-15(9)7-10-2-3-11(13)6-12(10)14/h2-3,6,9H,4-5,7-8,14H2,1H3. The van der Waals surface area contributed by atoms with E-state index in [2.05, 4.69) is 11.8 Å². The lowest BCUT2D eigenvalue weighted by Crippen LogP contribution is -2.43. The van der Waals surface area contributed by atoms with Crippen LogP contribution in [-0.4, -0.2) is 30.7 Å². The summed E-state index contributed by atoms with van der Waals surface area (Å²) in [5.74, 6) is 0. The predicted molar refractivity (Wildman–Crippen MR) is 66.6 cm³/mol. The molecule has 0 aliphatic carbocycles. The van der Waals surface area contributed by atoms with Crippen molar-refractivity contribution in [1.82, 2.24) is 4.90 Å². The first-order valence-electron chi connectivity index (χ1n) is 5.52. The van der Waals surface area contributed by atoms with Crippen molar-refractivity contribution in [3.63, 3.8) is 0 Å². The molecule has 1 aliphatic heterocycles. The minimum atomic E-state index is 0.448. The summed E-state index contributed by atoms with van der Waals surface area (Å²) in [7, 11) is 0. The number of hydrogen-bond acceptors (Lipinski definition) is 3. The lowest BCUT2D eigenvalue weighted by Gasteiger charge is -2.33. The summed E-state index contributed by atoms with van der Waals surface area (Å²) in [6.07, 6.45) is 0. The SMILES string of the molecule is CC1COCCN1Cc1ccc(Cl)cc1N. The Bertz CT molecular complexity index is 370. The van der Waals surface area contributed by atoms with Crippen LogP contribution >= 0.6 is 11.6 Å². The van der Waals surface area contributed by atoms with E-state index in [0.717, 1.165) is 37.6 Å². The molecular weight excluding hydrogens is 224 g/mol. The van der Waals surface area contributed by atoms with Crippen molar-refractivity contribution in [3.05, 3.63) is 28.8 Å². The molecule has 1 aliphatic rings. The van der Waals surface area contributed by atoms with Crippen molar-refractivity contribution >= 4 is 17.3 Å². The molecule has 1 fully saturated rings. The monoisotopic (exact) mass is 240 g/mol. The number of rotatable bonds is 2. The van der Waals surface area contributed by atoms with Crippen molar-refractivity contribution in [2.45, 2.75) is 19.5 Å². The molecule has 1 atom stereocenters. The zero-order valence-corrected chi connectivity index (χ0v) is 10.2. The molecule has 1 aromatic rings. The highest BCUT2D eigenvalue weighted by Crippen LogP contribution is 2.21. The van der Waals surface area contributed by atoms with Crippen molar-refractivity contribution in [2.24, 2.45) is 0 Å². The van der Waals surface area contributed by atoms with Gasteiger partial charge in [0.25, 0.3) is 0 Å². The molecule has 4 heteroatoms. The summed E-state index contributed by atoms with van der Waals surface area (Å²) in [5, 5.41) is 0.691. The van der Waals surface area contributed by atoms with E-state index >= 15 is 0 Å². The second-order valence-corrected chi connectivity index (χ2v) is 4.67. The van der Waals surface area contributed by atoms with Gasteiger partial charge in [0.15, 0.2) is 0 Å². The van der Waals surface area contributed by atoms with Crippen LogP contribution in [-0.2, 0) is 11.3 Å². The van der Waals surface area contributed by atoms with Gasteiger partial charge < -0.3 is 10.5 Å². The van der Waals surface area contributed by atoms with Crippen LogP contribution in [0.2, 0.25) is 5.02 Å². The van der Waals surface area contributed by atoms with Gasteiger partial charge in [0.2, 0.25) is 0 Å². The summed E-state index contributed by atoms with van der Waals surface area (Å²) >= 11 is 5.87. The molecule has 1 aromatic carbocycles. The number of hydrogen-bond donors (Lipinski definition) is 1. The normalized spacial score (nSPS) is 22.2. The summed E-state index contributed by atoms with van der Waals surface area (Å²) in [4.78, 5) is 2.38. The lowest BCUT2D eigenvalue weighted by atomic mass is 10.1. The number of morpholine rings is 1. The summed E-state index contributed by atoms with van der Waals surface area (Å²) < 4.78 is 5.41. The Hall–Kier alpha value is -0.770. The fourth-order valence-electron chi connectivity index (χ4n) is 1.92. The van der Waals surface area contributed by atoms with E-state index in [1.807, 2.05) is 18.2 Å². The van der Waals surface area contributed by atoms with Crippen LogP contribution in [0.15, 0.2) is 18.2 Å². The largest absolute Gasteiger partial charge is 0.398 e. The summed E-state index contributed by atoms with van der Waals surface area (Å²) in [6, 6.07) is 6.14. The van der Waals surface area contributed by atoms with Gasteiger partial charge in [-0.15, -0.1) is 0 Å². The second-order valence-electron chi connectivity index (χ2n) is 4.24. The third-order valence-corrected chi connectivity index (χ3v) is 3.22. The van der Waals surface area contributed by atoms with Crippen LogP contribution in [0.3, 0.4) is 0 Å². The molecule has 16 heavy (non-hydrogen) atoms. The van der Waals surface area contributed by atoms with Gasteiger partial charge in [-0.05, 0) is 24.6 Å². The van der Waals surface area contributed by atoms with Gasteiger partial charge in [-0.2, -0.15) is 0 Å². The molecule has 1 heterocycles. The van der Waals surface area contributed by atoms with Crippen LogP contribution in [0.4, 0.5) is 5.69 Å². The van der Waals surface area contributed by atoms with Gasteiger partial charge in [-0.1, -0.05) is 17.7 Å². The molecule has 1 saturated heterocycles. The maximum Gasteiger partial charge on any atom is 0.0619 e. The smallest absolute Gasteiger partial charge is 0.0619 e. The van der Waals surface area contributed by atoms with Gasteiger partial charge in [-0.25, -0.2) is 0 Å². The first-order valence-corrected chi connectivity index (χ1v) is 5.90. The highest BCUT2D eigenvalue weighted by atomic mass is 35.5. The predicted octanol–water partition coefficient (Wildman–Crippen LogP) is 2.14. The minimum Gasteiger partial charge on any atom is -0.398 e. The first kappa shape index (κ1) is 11.7. The van der Waals surface area contributed by atoms with Crippen molar-refractivity contribution in [1.29, 1.82) is 0 Å². The quantitative estimate of drug-likeness (QED) is 0.805. The Morgan fingerprint density at radius 2 is 2.38 bits per heavy atom. The van der Waals surface area contributed by atoms with Crippen LogP contribution < -0.4 is 5.73 Å². The van der Waals surface area contributed by atoms with Gasteiger partial charge in [0, 0.05) is 29.8 Å².